The number of rotatable bonds is 5. The van der Waals surface area contributed by atoms with Crippen molar-refractivity contribution in [3.63, 3.8) is 0 Å². The van der Waals surface area contributed by atoms with E-state index in [1.54, 1.807) is 12.1 Å². The van der Waals surface area contributed by atoms with Gasteiger partial charge in [0.25, 0.3) is 0 Å². The molecule has 0 aliphatic carbocycles. The highest BCUT2D eigenvalue weighted by Crippen LogP contribution is 2.27. The Morgan fingerprint density at radius 2 is 2.16 bits per heavy atom. The topological polar surface area (TPSA) is 15.3 Å². The van der Waals surface area contributed by atoms with Crippen LogP contribution in [-0.4, -0.2) is 31.1 Å². The summed E-state index contributed by atoms with van der Waals surface area (Å²) in [4.78, 5) is 2.52. The number of likely N-dealkylation sites (tertiary alicyclic amines) is 1. The van der Waals surface area contributed by atoms with Gasteiger partial charge in [0.1, 0.15) is 5.82 Å². The molecule has 1 N–H and O–H groups in total. The van der Waals surface area contributed by atoms with E-state index in [1.165, 1.54) is 19.4 Å². The Labute approximate surface area is 116 Å². The largest absolute Gasteiger partial charge is 0.313 e. The molecule has 3 unspecified atom stereocenters. The average Bonchev–Trinajstić information content (AvgIpc) is 2.78. The van der Waals surface area contributed by atoms with Crippen LogP contribution in [0.25, 0.3) is 0 Å². The summed E-state index contributed by atoms with van der Waals surface area (Å²) >= 11 is 0. The van der Waals surface area contributed by atoms with E-state index in [-0.39, 0.29) is 11.9 Å². The first-order valence-corrected chi connectivity index (χ1v) is 7.29. The molecular weight excluding hydrogens is 239 g/mol. The normalized spacial score (nSPS) is 23.5. The van der Waals surface area contributed by atoms with Gasteiger partial charge >= 0.3 is 0 Å². The predicted octanol–water partition coefficient (Wildman–Crippen LogP) is 3.21. The molecule has 1 aliphatic heterocycles. The fourth-order valence-electron chi connectivity index (χ4n) is 3.21. The molecule has 0 bridgehead atoms. The minimum atomic E-state index is -0.108. The number of hydrogen-bond donors (Lipinski definition) is 1. The van der Waals surface area contributed by atoms with Crippen LogP contribution in [0.15, 0.2) is 24.3 Å². The summed E-state index contributed by atoms with van der Waals surface area (Å²) in [7, 11) is 1.92. The van der Waals surface area contributed by atoms with E-state index in [0.29, 0.717) is 12.0 Å². The van der Waals surface area contributed by atoms with Gasteiger partial charge in [0.2, 0.25) is 0 Å². The standard InChI is InChI=1S/C16H25FN2/c1-12(11-19-10-6-7-13(19)2)16(18-3)14-8-4-5-9-15(14)17/h4-5,8-9,12-13,16,18H,6-7,10-11H2,1-3H3. The third kappa shape index (κ3) is 3.34. The van der Waals surface area contributed by atoms with Gasteiger partial charge in [-0.05, 0) is 45.3 Å². The van der Waals surface area contributed by atoms with Crippen molar-refractivity contribution < 1.29 is 4.39 Å². The van der Waals surface area contributed by atoms with Crippen molar-refractivity contribution >= 4 is 0 Å². The molecule has 0 saturated carbocycles. The SMILES string of the molecule is CNC(c1ccccc1F)C(C)CN1CCCC1C. The lowest BCUT2D eigenvalue weighted by Gasteiger charge is -2.30. The van der Waals surface area contributed by atoms with Gasteiger partial charge in [-0.2, -0.15) is 0 Å². The van der Waals surface area contributed by atoms with Crippen LogP contribution in [0.2, 0.25) is 0 Å². The first kappa shape index (κ1) is 14.5. The summed E-state index contributed by atoms with van der Waals surface area (Å²) in [5, 5.41) is 3.28. The number of halogens is 1. The van der Waals surface area contributed by atoms with E-state index in [1.807, 2.05) is 19.2 Å². The van der Waals surface area contributed by atoms with Gasteiger partial charge in [-0.15, -0.1) is 0 Å². The van der Waals surface area contributed by atoms with Crippen molar-refractivity contribution in [1.82, 2.24) is 10.2 Å². The molecular formula is C16H25FN2. The minimum absolute atomic E-state index is 0.0778. The maximum absolute atomic E-state index is 13.9. The quantitative estimate of drug-likeness (QED) is 0.878. The van der Waals surface area contributed by atoms with E-state index >= 15 is 0 Å². The van der Waals surface area contributed by atoms with Crippen molar-refractivity contribution in [2.24, 2.45) is 5.92 Å². The number of benzene rings is 1. The zero-order valence-corrected chi connectivity index (χ0v) is 12.2. The van der Waals surface area contributed by atoms with E-state index < -0.39 is 0 Å². The lowest BCUT2D eigenvalue weighted by atomic mass is 9.93. The van der Waals surface area contributed by atoms with Crippen molar-refractivity contribution in [3.05, 3.63) is 35.6 Å². The van der Waals surface area contributed by atoms with Crippen molar-refractivity contribution in [1.29, 1.82) is 0 Å². The highest BCUT2D eigenvalue weighted by atomic mass is 19.1. The molecule has 1 fully saturated rings. The summed E-state index contributed by atoms with van der Waals surface area (Å²) in [5.74, 6) is 0.283. The summed E-state index contributed by atoms with van der Waals surface area (Å²) in [6.07, 6.45) is 2.58. The summed E-state index contributed by atoms with van der Waals surface area (Å²) in [6, 6.07) is 7.84. The van der Waals surface area contributed by atoms with Gasteiger partial charge < -0.3 is 10.2 Å². The summed E-state index contributed by atoms with van der Waals surface area (Å²) in [6.45, 7) is 6.70. The molecule has 2 nitrogen and oxygen atoms in total. The van der Waals surface area contributed by atoms with Gasteiger partial charge in [-0.3, -0.25) is 0 Å². The molecule has 0 radical (unpaired) electrons. The third-order valence-electron chi connectivity index (χ3n) is 4.33. The molecule has 0 spiro atoms. The van der Waals surface area contributed by atoms with Gasteiger partial charge in [0.15, 0.2) is 0 Å². The van der Waals surface area contributed by atoms with Gasteiger partial charge in [-0.25, -0.2) is 4.39 Å². The molecule has 1 heterocycles. The van der Waals surface area contributed by atoms with E-state index in [0.717, 1.165) is 12.1 Å². The van der Waals surface area contributed by atoms with Crippen molar-refractivity contribution in [2.45, 2.75) is 38.8 Å². The summed E-state index contributed by atoms with van der Waals surface area (Å²) in [5.41, 5.74) is 0.782. The van der Waals surface area contributed by atoms with Crippen molar-refractivity contribution in [3.8, 4) is 0 Å². The Hall–Kier alpha value is -0.930. The van der Waals surface area contributed by atoms with Crippen LogP contribution >= 0.6 is 0 Å². The van der Waals surface area contributed by atoms with Gasteiger partial charge in [0, 0.05) is 24.2 Å². The molecule has 2 rings (SSSR count). The second-order valence-corrected chi connectivity index (χ2v) is 5.75. The maximum Gasteiger partial charge on any atom is 0.127 e. The van der Waals surface area contributed by atoms with E-state index in [2.05, 4.69) is 24.1 Å². The number of nitrogens with zero attached hydrogens (tertiary/aromatic N) is 1. The van der Waals surface area contributed by atoms with Crippen LogP contribution in [-0.2, 0) is 0 Å². The molecule has 3 heteroatoms. The Morgan fingerprint density at radius 3 is 2.74 bits per heavy atom. The molecule has 19 heavy (non-hydrogen) atoms. The predicted molar refractivity (Wildman–Crippen MR) is 77.6 cm³/mol. The number of hydrogen-bond acceptors (Lipinski definition) is 2. The third-order valence-corrected chi connectivity index (χ3v) is 4.33. The second-order valence-electron chi connectivity index (χ2n) is 5.75. The molecule has 1 aliphatic rings. The van der Waals surface area contributed by atoms with Crippen LogP contribution < -0.4 is 5.32 Å². The molecule has 1 aromatic carbocycles. The fourth-order valence-corrected chi connectivity index (χ4v) is 3.21. The first-order valence-electron chi connectivity index (χ1n) is 7.29. The van der Waals surface area contributed by atoms with Gasteiger partial charge in [-0.1, -0.05) is 25.1 Å². The smallest absolute Gasteiger partial charge is 0.127 e. The Balaban J connectivity index is 2.07. The van der Waals surface area contributed by atoms with E-state index in [9.17, 15) is 4.39 Å². The monoisotopic (exact) mass is 264 g/mol. The minimum Gasteiger partial charge on any atom is -0.313 e. The molecule has 1 saturated heterocycles. The van der Waals surface area contributed by atoms with Crippen LogP contribution in [0, 0.1) is 11.7 Å². The Bertz CT molecular complexity index is 407. The van der Waals surface area contributed by atoms with Gasteiger partial charge in [0.05, 0.1) is 0 Å². The first-order chi connectivity index (χ1) is 9.13. The molecule has 1 aromatic rings. The number of nitrogens with one attached hydrogen (secondary N) is 1. The fraction of sp³-hybridized carbons (Fsp3) is 0.625. The highest BCUT2D eigenvalue weighted by molar-refractivity contribution is 5.21. The molecule has 0 aromatic heterocycles. The molecule has 106 valence electrons. The second kappa shape index (κ2) is 6.49. The van der Waals surface area contributed by atoms with E-state index in [4.69, 9.17) is 0 Å². The average molecular weight is 264 g/mol. The highest BCUT2D eigenvalue weighted by Gasteiger charge is 2.26. The Morgan fingerprint density at radius 1 is 1.42 bits per heavy atom. The zero-order chi connectivity index (χ0) is 13.8. The molecule has 0 amide bonds. The summed E-state index contributed by atoms with van der Waals surface area (Å²) < 4.78 is 13.9. The van der Waals surface area contributed by atoms with Crippen LogP contribution in [0.5, 0.6) is 0 Å². The lowest BCUT2D eigenvalue weighted by molar-refractivity contribution is 0.207. The van der Waals surface area contributed by atoms with Crippen LogP contribution in [0.3, 0.4) is 0 Å². The van der Waals surface area contributed by atoms with Crippen LogP contribution in [0.1, 0.15) is 38.3 Å². The van der Waals surface area contributed by atoms with Crippen molar-refractivity contribution in [2.75, 3.05) is 20.1 Å². The molecule has 3 atom stereocenters. The maximum atomic E-state index is 13.9. The van der Waals surface area contributed by atoms with Crippen LogP contribution in [0.4, 0.5) is 4.39 Å². The zero-order valence-electron chi connectivity index (χ0n) is 12.2. The Kier molecular flexibility index (Phi) is 4.94. The lowest BCUT2D eigenvalue weighted by Crippen LogP contribution is -2.36.